The van der Waals surface area contributed by atoms with Gasteiger partial charge in [-0.3, -0.25) is 0 Å². The highest BCUT2D eigenvalue weighted by atomic mass is 32.2. The van der Waals surface area contributed by atoms with Crippen molar-refractivity contribution in [1.82, 2.24) is 0 Å². The molecule has 0 aliphatic rings. The summed E-state index contributed by atoms with van der Waals surface area (Å²) < 4.78 is 0. The van der Waals surface area contributed by atoms with Gasteiger partial charge in [0, 0.05) is 15.8 Å². The Morgan fingerprint density at radius 1 is 1.05 bits per heavy atom. The molecule has 2 N–H and O–H groups in total. The molecule has 2 heteroatoms. The van der Waals surface area contributed by atoms with E-state index in [2.05, 4.69) is 62.4 Å². The number of hydrogen-bond acceptors (Lipinski definition) is 2. The Morgan fingerprint density at radius 3 is 2.42 bits per heavy atom. The van der Waals surface area contributed by atoms with E-state index in [9.17, 15) is 0 Å². The average Bonchev–Trinajstić information content (AvgIpc) is 2.41. The number of nitrogens with two attached hydrogens (primary N) is 1. The predicted molar refractivity (Wildman–Crippen MR) is 83.7 cm³/mol. The molecule has 0 radical (unpaired) electrons. The highest BCUT2D eigenvalue weighted by molar-refractivity contribution is 7.99. The van der Waals surface area contributed by atoms with Gasteiger partial charge in [-0.15, -0.1) is 0 Å². The van der Waals surface area contributed by atoms with Gasteiger partial charge in [0.1, 0.15) is 0 Å². The molecule has 0 aliphatic heterocycles. The van der Waals surface area contributed by atoms with Crippen LogP contribution in [0.5, 0.6) is 0 Å². The standard InChI is InChI=1S/C17H21NS/c1-3-15(18)12-14-7-9-16(10-8-14)19-17-6-4-5-13(2)11-17/h4-11,15H,3,12,18H2,1-2H3. The van der Waals surface area contributed by atoms with Crippen LogP contribution in [0.25, 0.3) is 0 Å². The first-order chi connectivity index (χ1) is 9.17. The molecule has 2 rings (SSSR count). The Morgan fingerprint density at radius 2 is 1.79 bits per heavy atom. The molecule has 0 aliphatic carbocycles. The highest BCUT2D eigenvalue weighted by Gasteiger charge is 2.02. The van der Waals surface area contributed by atoms with Crippen molar-refractivity contribution in [2.24, 2.45) is 5.73 Å². The fourth-order valence-corrected chi connectivity index (χ4v) is 2.89. The van der Waals surface area contributed by atoms with Crippen LogP contribution in [0.1, 0.15) is 24.5 Å². The second kappa shape index (κ2) is 6.78. The number of rotatable bonds is 5. The fraction of sp³-hybridized carbons (Fsp3) is 0.294. The van der Waals surface area contributed by atoms with E-state index in [-0.39, 0.29) is 6.04 Å². The Kier molecular flexibility index (Phi) is 5.06. The third-order valence-corrected chi connectivity index (χ3v) is 4.17. The summed E-state index contributed by atoms with van der Waals surface area (Å²) in [6.07, 6.45) is 1.99. The maximum atomic E-state index is 5.98. The highest BCUT2D eigenvalue weighted by Crippen LogP contribution is 2.28. The first-order valence-corrected chi connectivity index (χ1v) is 7.58. The van der Waals surface area contributed by atoms with E-state index < -0.39 is 0 Å². The maximum absolute atomic E-state index is 5.98. The molecule has 19 heavy (non-hydrogen) atoms. The first kappa shape index (κ1) is 14.2. The lowest BCUT2D eigenvalue weighted by Crippen LogP contribution is -2.21. The van der Waals surface area contributed by atoms with Crippen molar-refractivity contribution in [2.75, 3.05) is 0 Å². The molecule has 2 aromatic rings. The van der Waals surface area contributed by atoms with Crippen molar-refractivity contribution in [3.8, 4) is 0 Å². The van der Waals surface area contributed by atoms with Gasteiger partial charge in [0.2, 0.25) is 0 Å². The summed E-state index contributed by atoms with van der Waals surface area (Å²) in [6, 6.07) is 17.6. The smallest absolute Gasteiger partial charge is 0.0124 e. The molecule has 1 atom stereocenters. The van der Waals surface area contributed by atoms with Gasteiger partial charge < -0.3 is 5.73 Å². The third kappa shape index (κ3) is 4.41. The summed E-state index contributed by atoms with van der Waals surface area (Å²) in [5.74, 6) is 0. The van der Waals surface area contributed by atoms with E-state index in [0.29, 0.717) is 0 Å². The van der Waals surface area contributed by atoms with Crippen molar-refractivity contribution >= 4 is 11.8 Å². The summed E-state index contributed by atoms with van der Waals surface area (Å²) in [7, 11) is 0. The van der Waals surface area contributed by atoms with Crippen molar-refractivity contribution in [1.29, 1.82) is 0 Å². The molecule has 0 saturated carbocycles. The molecule has 2 aromatic carbocycles. The van der Waals surface area contributed by atoms with E-state index in [1.807, 2.05) is 0 Å². The molecule has 0 saturated heterocycles. The third-order valence-electron chi connectivity index (χ3n) is 3.17. The summed E-state index contributed by atoms with van der Waals surface area (Å²) in [4.78, 5) is 2.57. The van der Waals surface area contributed by atoms with Crippen LogP contribution in [-0.2, 0) is 6.42 Å². The van der Waals surface area contributed by atoms with E-state index in [1.165, 1.54) is 20.9 Å². The average molecular weight is 271 g/mol. The largest absolute Gasteiger partial charge is 0.327 e. The van der Waals surface area contributed by atoms with E-state index in [4.69, 9.17) is 5.73 Å². The molecule has 0 amide bonds. The van der Waals surface area contributed by atoms with E-state index >= 15 is 0 Å². The molecule has 1 nitrogen and oxygen atoms in total. The maximum Gasteiger partial charge on any atom is 0.0124 e. The topological polar surface area (TPSA) is 26.0 Å². The van der Waals surface area contributed by atoms with Gasteiger partial charge >= 0.3 is 0 Å². The number of aryl methyl sites for hydroxylation is 1. The van der Waals surface area contributed by atoms with Crippen molar-refractivity contribution in [3.63, 3.8) is 0 Å². The molecule has 0 bridgehead atoms. The monoisotopic (exact) mass is 271 g/mol. The molecule has 0 spiro atoms. The van der Waals surface area contributed by atoms with Gasteiger partial charge in [-0.05, 0) is 49.6 Å². The van der Waals surface area contributed by atoms with Crippen molar-refractivity contribution in [2.45, 2.75) is 42.5 Å². The summed E-state index contributed by atoms with van der Waals surface area (Å²) in [5.41, 5.74) is 8.60. The van der Waals surface area contributed by atoms with Crippen LogP contribution in [0.3, 0.4) is 0 Å². The summed E-state index contributed by atoms with van der Waals surface area (Å²) in [6.45, 7) is 4.26. The lowest BCUT2D eigenvalue weighted by atomic mass is 10.1. The summed E-state index contributed by atoms with van der Waals surface area (Å²) >= 11 is 1.80. The normalized spacial score (nSPS) is 12.4. The summed E-state index contributed by atoms with van der Waals surface area (Å²) in [5, 5.41) is 0. The SMILES string of the molecule is CCC(N)Cc1ccc(Sc2cccc(C)c2)cc1. The predicted octanol–water partition coefficient (Wildman–Crippen LogP) is 4.43. The van der Waals surface area contributed by atoms with Crippen LogP contribution in [0.2, 0.25) is 0 Å². The Hall–Kier alpha value is -1.25. The van der Waals surface area contributed by atoms with E-state index in [1.54, 1.807) is 11.8 Å². The quantitative estimate of drug-likeness (QED) is 0.870. The Balaban J connectivity index is 2.02. The van der Waals surface area contributed by atoms with Crippen LogP contribution in [-0.4, -0.2) is 6.04 Å². The Labute approximate surface area is 120 Å². The first-order valence-electron chi connectivity index (χ1n) is 6.76. The Bertz CT molecular complexity index is 519. The molecule has 0 fully saturated rings. The molecular weight excluding hydrogens is 250 g/mol. The minimum atomic E-state index is 0.273. The van der Waals surface area contributed by atoms with Gasteiger partial charge in [0.25, 0.3) is 0 Å². The lowest BCUT2D eigenvalue weighted by molar-refractivity contribution is 0.646. The number of benzene rings is 2. The lowest BCUT2D eigenvalue weighted by Gasteiger charge is -2.09. The zero-order chi connectivity index (χ0) is 13.7. The van der Waals surface area contributed by atoms with E-state index in [0.717, 1.165) is 12.8 Å². The number of hydrogen-bond donors (Lipinski definition) is 1. The molecule has 0 aromatic heterocycles. The molecule has 1 unspecified atom stereocenters. The van der Waals surface area contributed by atoms with Gasteiger partial charge in [-0.1, -0.05) is 48.5 Å². The zero-order valence-electron chi connectivity index (χ0n) is 11.6. The molecule has 100 valence electrons. The second-order valence-electron chi connectivity index (χ2n) is 4.93. The van der Waals surface area contributed by atoms with Crippen LogP contribution < -0.4 is 5.73 Å². The zero-order valence-corrected chi connectivity index (χ0v) is 12.4. The van der Waals surface area contributed by atoms with Gasteiger partial charge in [0.05, 0.1) is 0 Å². The van der Waals surface area contributed by atoms with Crippen LogP contribution >= 0.6 is 11.8 Å². The minimum absolute atomic E-state index is 0.273. The molecule has 0 heterocycles. The van der Waals surface area contributed by atoms with Crippen LogP contribution in [0.4, 0.5) is 0 Å². The fourth-order valence-electron chi connectivity index (χ4n) is 1.96. The van der Waals surface area contributed by atoms with Crippen molar-refractivity contribution < 1.29 is 0 Å². The van der Waals surface area contributed by atoms with Crippen LogP contribution in [0, 0.1) is 6.92 Å². The van der Waals surface area contributed by atoms with Gasteiger partial charge in [0.15, 0.2) is 0 Å². The van der Waals surface area contributed by atoms with Gasteiger partial charge in [-0.2, -0.15) is 0 Å². The molecular formula is C17H21NS. The van der Waals surface area contributed by atoms with Crippen LogP contribution in [0.15, 0.2) is 58.3 Å². The minimum Gasteiger partial charge on any atom is -0.327 e. The van der Waals surface area contributed by atoms with Crippen molar-refractivity contribution in [3.05, 3.63) is 59.7 Å². The second-order valence-corrected chi connectivity index (χ2v) is 6.08. The van der Waals surface area contributed by atoms with Gasteiger partial charge in [-0.25, -0.2) is 0 Å².